The summed E-state index contributed by atoms with van der Waals surface area (Å²) in [5.41, 5.74) is 2.23. The molecular weight excluding hydrogens is 414 g/mol. The summed E-state index contributed by atoms with van der Waals surface area (Å²) >= 11 is 0. The van der Waals surface area contributed by atoms with Crippen molar-refractivity contribution >= 4 is 5.91 Å². The van der Waals surface area contributed by atoms with Crippen molar-refractivity contribution in [2.45, 2.75) is 38.5 Å². The van der Waals surface area contributed by atoms with Crippen molar-refractivity contribution in [1.29, 1.82) is 10.5 Å². The van der Waals surface area contributed by atoms with Crippen molar-refractivity contribution in [1.82, 2.24) is 5.32 Å². The summed E-state index contributed by atoms with van der Waals surface area (Å²) in [5.74, 6) is 0.343. The lowest BCUT2D eigenvalue weighted by Crippen LogP contribution is -2.34. The molecule has 1 atom stereocenters. The molecule has 6 heteroatoms. The molecule has 1 N–H and O–H groups in total. The first-order chi connectivity index (χ1) is 16.2. The van der Waals surface area contributed by atoms with Gasteiger partial charge in [-0.1, -0.05) is 66.7 Å². The number of carbonyl (C=O) groups excluding carboxylic acids is 1. The Morgan fingerprint density at radius 1 is 0.848 bits per heavy atom. The first-order valence-corrected chi connectivity index (χ1v) is 10.7. The van der Waals surface area contributed by atoms with Crippen LogP contribution in [-0.4, -0.2) is 11.9 Å². The molecule has 1 amide bonds. The third-order valence-electron chi connectivity index (χ3n) is 4.93. The Hall–Kier alpha value is -4.29. The highest BCUT2D eigenvalue weighted by molar-refractivity contribution is 5.98. The van der Waals surface area contributed by atoms with Crippen LogP contribution in [0.1, 0.15) is 40.7 Å². The number of para-hydroxylation sites is 1. The highest BCUT2D eigenvalue weighted by atomic mass is 16.5. The van der Waals surface area contributed by atoms with E-state index in [9.17, 15) is 10.1 Å². The first kappa shape index (κ1) is 23.4. The van der Waals surface area contributed by atoms with Gasteiger partial charge in [0, 0.05) is 6.42 Å². The van der Waals surface area contributed by atoms with Crippen LogP contribution in [0.25, 0.3) is 0 Å². The second kappa shape index (κ2) is 12.5. The molecule has 0 aliphatic heterocycles. The summed E-state index contributed by atoms with van der Waals surface area (Å²) in [5, 5.41) is 20.9. The maximum atomic E-state index is 13.0. The molecule has 6 nitrogen and oxygen atoms in total. The Morgan fingerprint density at radius 3 is 2.09 bits per heavy atom. The molecule has 33 heavy (non-hydrogen) atoms. The van der Waals surface area contributed by atoms with E-state index < -0.39 is 11.9 Å². The van der Waals surface area contributed by atoms with Gasteiger partial charge >= 0.3 is 0 Å². The summed E-state index contributed by atoms with van der Waals surface area (Å²) in [6, 6.07) is 27.9. The van der Waals surface area contributed by atoms with E-state index in [2.05, 4.69) is 11.4 Å². The average molecular weight is 440 g/mol. The van der Waals surface area contributed by atoms with Crippen LogP contribution in [0.2, 0.25) is 0 Å². The van der Waals surface area contributed by atoms with Crippen LogP contribution in [0, 0.1) is 22.7 Å². The zero-order valence-electron chi connectivity index (χ0n) is 18.2. The molecule has 0 aromatic heterocycles. The van der Waals surface area contributed by atoms with Gasteiger partial charge in [0.2, 0.25) is 0 Å². The average Bonchev–Trinajstić information content (AvgIpc) is 2.87. The zero-order valence-corrected chi connectivity index (χ0v) is 18.2. The Labute approximate surface area is 194 Å². The normalized spacial score (nSPS) is 11.0. The molecule has 0 radical (unpaired) electrons. The number of nitrogens with zero attached hydrogens (tertiary/aromatic N) is 2. The summed E-state index contributed by atoms with van der Waals surface area (Å²) in [6.07, 6.45) is 1.27. The molecule has 3 aromatic carbocycles. The van der Waals surface area contributed by atoms with Gasteiger partial charge in [-0.3, -0.25) is 4.79 Å². The fourth-order valence-corrected chi connectivity index (χ4v) is 3.21. The van der Waals surface area contributed by atoms with Crippen LogP contribution in [0.5, 0.6) is 11.5 Å². The van der Waals surface area contributed by atoms with Gasteiger partial charge in [-0.15, -0.1) is 0 Å². The molecular formula is C27H25N3O3. The van der Waals surface area contributed by atoms with Crippen LogP contribution in [-0.2, 0) is 13.2 Å². The number of nitriles is 2. The highest BCUT2D eigenvalue weighted by Gasteiger charge is 2.20. The second-order valence-electron chi connectivity index (χ2n) is 7.39. The smallest absolute Gasteiger partial charge is 0.256 e. The fourth-order valence-electron chi connectivity index (χ4n) is 3.21. The predicted molar refractivity (Wildman–Crippen MR) is 124 cm³/mol. The lowest BCUT2D eigenvalue weighted by Gasteiger charge is -2.18. The largest absolute Gasteiger partial charge is 0.485 e. The number of unbranched alkanes of at least 4 members (excludes halogenated alkanes) is 1. The summed E-state index contributed by atoms with van der Waals surface area (Å²) in [4.78, 5) is 13.0. The predicted octanol–water partition coefficient (Wildman–Crippen LogP) is 5.16. The van der Waals surface area contributed by atoms with Crippen molar-refractivity contribution in [3.8, 4) is 23.6 Å². The SMILES string of the molecule is N#CCCCC(C#N)NC(=O)c1cccc(OCc2ccccc2)c1OCc1ccccc1. The molecule has 0 aliphatic rings. The van der Waals surface area contributed by atoms with Gasteiger partial charge in [0.05, 0.1) is 17.7 Å². The van der Waals surface area contributed by atoms with E-state index in [4.69, 9.17) is 14.7 Å². The molecule has 0 fully saturated rings. The number of rotatable bonds is 11. The number of amides is 1. The van der Waals surface area contributed by atoms with Crippen molar-refractivity contribution in [2.24, 2.45) is 0 Å². The molecule has 0 heterocycles. The third-order valence-corrected chi connectivity index (χ3v) is 4.93. The maximum Gasteiger partial charge on any atom is 0.256 e. The number of benzene rings is 3. The molecule has 0 bridgehead atoms. The molecule has 166 valence electrons. The van der Waals surface area contributed by atoms with Crippen molar-refractivity contribution in [2.75, 3.05) is 0 Å². The minimum atomic E-state index is -0.693. The van der Waals surface area contributed by atoms with Crippen LogP contribution in [0.15, 0.2) is 78.9 Å². The quantitative estimate of drug-likeness (QED) is 0.416. The zero-order chi connectivity index (χ0) is 23.3. The number of hydrogen-bond acceptors (Lipinski definition) is 5. The van der Waals surface area contributed by atoms with Crippen LogP contribution in [0.4, 0.5) is 0 Å². The van der Waals surface area contributed by atoms with Gasteiger partial charge in [0.1, 0.15) is 19.3 Å². The van der Waals surface area contributed by atoms with Gasteiger partial charge in [-0.2, -0.15) is 10.5 Å². The van der Waals surface area contributed by atoms with Crippen LogP contribution >= 0.6 is 0 Å². The molecule has 1 unspecified atom stereocenters. The van der Waals surface area contributed by atoms with E-state index in [0.29, 0.717) is 37.4 Å². The van der Waals surface area contributed by atoms with Crippen LogP contribution in [0.3, 0.4) is 0 Å². The fraction of sp³-hybridized carbons (Fsp3) is 0.222. The maximum absolute atomic E-state index is 13.0. The number of hydrogen-bond donors (Lipinski definition) is 1. The van der Waals surface area contributed by atoms with E-state index in [1.54, 1.807) is 18.2 Å². The molecule has 0 aliphatic carbocycles. The molecule has 0 saturated heterocycles. The van der Waals surface area contributed by atoms with Gasteiger partial charge in [0.25, 0.3) is 5.91 Å². The Bertz CT molecular complexity index is 1120. The van der Waals surface area contributed by atoms with E-state index in [1.165, 1.54) is 0 Å². The van der Waals surface area contributed by atoms with Crippen molar-refractivity contribution in [3.05, 3.63) is 95.6 Å². The third kappa shape index (κ3) is 7.12. The first-order valence-electron chi connectivity index (χ1n) is 10.7. The van der Waals surface area contributed by atoms with Gasteiger partial charge in [-0.25, -0.2) is 0 Å². The van der Waals surface area contributed by atoms with Gasteiger partial charge in [-0.05, 0) is 36.1 Å². The molecule has 0 spiro atoms. The minimum absolute atomic E-state index is 0.261. The Balaban J connectivity index is 1.82. The van der Waals surface area contributed by atoms with E-state index in [0.717, 1.165) is 11.1 Å². The Kier molecular flexibility index (Phi) is 8.88. The standard InChI is InChI=1S/C27H25N3O3/c28-17-8-7-14-23(18-29)30-27(31)24-15-9-16-25(32-19-21-10-3-1-4-11-21)26(24)33-20-22-12-5-2-6-13-22/h1-6,9-13,15-16,23H,7-8,14,19-20H2,(H,30,31). The molecule has 3 aromatic rings. The molecule has 0 saturated carbocycles. The lowest BCUT2D eigenvalue weighted by atomic mass is 10.1. The number of ether oxygens (including phenoxy) is 2. The van der Waals surface area contributed by atoms with Gasteiger partial charge in [0.15, 0.2) is 11.5 Å². The lowest BCUT2D eigenvalue weighted by molar-refractivity contribution is 0.0938. The van der Waals surface area contributed by atoms with Crippen molar-refractivity contribution in [3.63, 3.8) is 0 Å². The minimum Gasteiger partial charge on any atom is -0.485 e. The monoisotopic (exact) mass is 439 g/mol. The summed E-state index contributed by atoms with van der Waals surface area (Å²) in [7, 11) is 0. The number of nitrogens with one attached hydrogen (secondary N) is 1. The topological polar surface area (TPSA) is 95.1 Å². The van der Waals surface area contributed by atoms with Crippen molar-refractivity contribution < 1.29 is 14.3 Å². The van der Waals surface area contributed by atoms with E-state index in [1.807, 2.05) is 66.7 Å². The van der Waals surface area contributed by atoms with Crippen LogP contribution < -0.4 is 14.8 Å². The van der Waals surface area contributed by atoms with Gasteiger partial charge < -0.3 is 14.8 Å². The Morgan fingerprint density at radius 2 is 1.48 bits per heavy atom. The highest BCUT2D eigenvalue weighted by Crippen LogP contribution is 2.33. The van der Waals surface area contributed by atoms with E-state index >= 15 is 0 Å². The summed E-state index contributed by atoms with van der Waals surface area (Å²) < 4.78 is 12.1. The number of carbonyl (C=O) groups is 1. The second-order valence-corrected chi connectivity index (χ2v) is 7.39. The summed E-state index contributed by atoms with van der Waals surface area (Å²) in [6.45, 7) is 0.583. The molecule has 3 rings (SSSR count). The van der Waals surface area contributed by atoms with E-state index in [-0.39, 0.29) is 12.2 Å².